The van der Waals surface area contributed by atoms with E-state index in [4.69, 9.17) is 18.9 Å². The van der Waals surface area contributed by atoms with Crippen molar-refractivity contribution in [2.75, 3.05) is 33.8 Å². The third kappa shape index (κ3) is 6.17. The second-order valence-electron chi connectivity index (χ2n) is 7.22. The molecule has 35 heavy (non-hydrogen) atoms. The Labute approximate surface area is 202 Å². The molecule has 0 unspecified atom stereocenters. The van der Waals surface area contributed by atoms with Crippen molar-refractivity contribution in [3.63, 3.8) is 0 Å². The second kappa shape index (κ2) is 11.7. The average molecular weight is 481 g/mol. The van der Waals surface area contributed by atoms with Gasteiger partial charge in [0, 0.05) is 17.8 Å². The van der Waals surface area contributed by atoms with Gasteiger partial charge in [-0.05, 0) is 59.7 Å². The number of hydrogen-bond acceptors (Lipinski definition) is 6. The highest BCUT2D eigenvalue weighted by Crippen LogP contribution is 2.39. The smallest absolute Gasteiger partial charge is 0.203 e. The number of benzene rings is 3. The van der Waals surface area contributed by atoms with Crippen LogP contribution in [0, 0.1) is 11.6 Å². The predicted molar refractivity (Wildman–Crippen MR) is 131 cm³/mol. The SMILES string of the molecule is COc1cc(C=Cc2cc(F)c(OC)c(NC=CC(=O)c3ccc(F)cc3)c2)cc(OC)c1OC. The zero-order chi connectivity index (χ0) is 25.4. The van der Waals surface area contributed by atoms with Gasteiger partial charge in [-0.15, -0.1) is 0 Å². The fourth-order valence-electron chi connectivity index (χ4n) is 3.33. The third-order valence-electron chi connectivity index (χ3n) is 5.03. The van der Waals surface area contributed by atoms with Crippen LogP contribution in [-0.2, 0) is 0 Å². The lowest BCUT2D eigenvalue weighted by molar-refractivity contribution is 0.104. The van der Waals surface area contributed by atoms with E-state index in [1.165, 1.54) is 71.0 Å². The standard InChI is InChI=1S/C27H25F2NO5/c1-32-24-15-18(16-25(33-2)27(24)35-4)6-5-17-13-21(29)26(34-3)22(14-17)30-12-11-23(31)19-7-9-20(28)10-8-19/h5-16,30H,1-4H3. The van der Waals surface area contributed by atoms with Gasteiger partial charge in [-0.25, -0.2) is 8.78 Å². The molecule has 0 aromatic heterocycles. The quantitative estimate of drug-likeness (QED) is 0.218. The zero-order valence-electron chi connectivity index (χ0n) is 19.7. The van der Waals surface area contributed by atoms with Gasteiger partial charge in [0.25, 0.3) is 0 Å². The summed E-state index contributed by atoms with van der Waals surface area (Å²) in [6.45, 7) is 0. The van der Waals surface area contributed by atoms with Crippen LogP contribution in [0.2, 0.25) is 0 Å². The summed E-state index contributed by atoms with van der Waals surface area (Å²) in [6, 6.07) is 11.7. The van der Waals surface area contributed by atoms with Gasteiger partial charge in [0.2, 0.25) is 5.75 Å². The summed E-state index contributed by atoms with van der Waals surface area (Å²) in [7, 11) is 5.92. The van der Waals surface area contributed by atoms with Crippen LogP contribution in [-0.4, -0.2) is 34.2 Å². The molecule has 0 saturated carbocycles. The summed E-state index contributed by atoms with van der Waals surface area (Å²) < 4.78 is 48.9. The molecular formula is C27H25F2NO5. The lowest BCUT2D eigenvalue weighted by atomic mass is 10.1. The summed E-state index contributed by atoms with van der Waals surface area (Å²) in [4.78, 5) is 12.2. The van der Waals surface area contributed by atoms with Crippen LogP contribution in [0.3, 0.4) is 0 Å². The van der Waals surface area contributed by atoms with Gasteiger partial charge >= 0.3 is 0 Å². The number of rotatable bonds is 10. The molecule has 1 N–H and O–H groups in total. The topological polar surface area (TPSA) is 66.0 Å². The molecule has 0 spiro atoms. The molecule has 0 atom stereocenters. The largest absolute Gasteiger partial charge is 0.493 e. The van der Waals surface area contributed by atoms with Crippen molar-refractivity contribution in [1.29, 1.82) is 0 Å². The van der Waals surface area contributed by atoms with E-state index in [1.54, 1.807) is 30.4 Å². The lowest BCUT2D eigenvalue weighted by Crippen LogP contribution is -1.99. The Bertz CT molecular complexity index is 1230. The number of ketones is 1. The number of hydrogen-bond donors (Lipinski definition) is 1. The molecule has 6 nitrogen and oxygen atoms in total. The van der Waals surface area contributed by atoms with E-state index < -0.39 is 11.6 Å². The van der Waals surface area contributed by atoms with Crippen molar-refractivity contribution < 1.29 is 32.5 Å². The molecule has 0 aliphatic heterocycles. The minimum Gasteiger partial charge on any atom is -0.493 e. The van der Waals surface area contributed by atoms with Gasteiger partial charge in [-0.3, -0.25) is 4.79 Å². The van der Waals surface area contributed by atoms with Crippen molar-refractivity contribution in [2.45, 2.75) is 0 Å². The Morgan fingerprint density at radius 2 is 1.34 bits per heavy atom. The van der Waals surface area contributed by atoms with Crippen LogP contribution in [0.1, 0.15) is 21.5 Å². The zero-order valence-corrected chi connectivity index (χ0v) is 19.7. The van der Waals surface area contributed by atoms with E-state index in [9.17, 15) is 13.6 Å². The number of carbonyl (C=O) groups excluding carboxylic acids is 1. The Morgan fingerprint density at radius 3 is 1.89 bits per heavy atom. The predicted octanol–water partition coefficient (Wildman–Crippen LogP) is 5.98. The van der Waals surface area contributed by atoms with Gasteiger partial charge in [0.05, 0.1) is 34.1 Å². The first kappa shape index (κ1) is 25.3. The number of halogens is 2. The fraction of sp³-hybridized carbons (Fsp3) is 0.148. The minimum atomic E-state index is -0.583. The van der Waals surface area contributed by atoms with Crippen molar-refractivity contribution in [2.24, 2.45) is 0 Å². The maximum absolute atomic E-state index is 14.7. The first-order chi connectivity index (χ1) is 16.9. The van der Waals surface area contributed by atoms with Gasteiger partial charge in [0.1, 0.15) is 5.82 Å². The molecule has 3 rings (SSSR count). The Hall–Kier alpha value is -4.33. The van der Waals surface area contributed by atoms with Gasteiger partial charge in [-0.2, -0.15) is 0 Å². The van der Waals surface area contributed by atoms with Crippen LogP contribution >= 0.6 is 0 Å². The maximum Gasteiger partial charge on any atom is 0.203 e. The first-order valence-electron chi connectivity index (χ1n) is 10.5. The Balaban J connectivity index is 1.85. The number of anilines is 1. The van der Waals surface area contributed by atoms with Gasteiger partial charge < -0.3 is 24.3 Å². The van der Waals surface area contributed by atoms with E-state index >= 15 is 0 Å². The summed E-state index contributed by atoms with van der Waals surface area (Å²) in [5.41, 5.74) is 1.93. The van der Waals surface area contributed by atoms with Crippen LogP contribution in [0.5, 0.6) is 23.0 Å². The lowest BCUT2D eigenvalue weighted by Gasteiger charge is -2.13. The van der Waals surface area contributed by atoms with Crippen molar-refractivity contribution in [3.8, 4) is 23.0 Å². The highest BCUT2D eigenvalue weighted by atomic mass is 19.1. The number of methoxy groups -OCH3 is 4. The van der Waals surface area contributed by atoms with E-state index in [0.717, 1.165) is 5.56 Å². The second-order valence-corrected chi connectivity index (χ2v) is 7.22. The number of allylic oxidation sites excluding steroid dienone is 1. The summed E-state index contributed by atoms with van der Waals surface area (Å²) in [5, 5.41) is 2.88. The summed E-state index contributed by atoms with van der Waals surface area (Å²) in [5.74, 6) is 0.0947. The van der Waals surface area contributed by atoms with Crippen molar-refractivity contribution in [3.05, 3.63) is 89.1 Å². The molecule has 8 heteroatoms. The molecule has 0 aliphatic rings. The molecule has 0 fully saturated rings. The molecule has 0 saturated heterocycles. The highest BCUT2D eigenvalue weighted by molar-refractivity contribution is 6.04. The molecule has 182 valence electrons. The summed E-state index contributed by atoms with van der Waals surface area (Å²) >= 11 is 0. The van der Waals surface area contributed by atoms with Crippen LogP contribution < -0.4 is 24.3 Å². The van der Waals surface area contributed by atoms with E-state index in [2.05, 4.69) is 5.32 Å². The number of ether oxygens (including phenoxy) is 4. The van der Waals surface area contributed by atoms with Gasteiger partial charge in [0.15, 0.2) is 28.8 Å². The van der Waals surface area contributed by atoms with E-state index in [0.29, 0.717) is 34.1 Å². The number of carbonyl (C=O) groups is 1. The molecule has 3 aromatic carbocycles. The van der Waals surface area contributed by atoms with E-state index in [1.807, 2.05) is 0 Å². The molecule has 0 bridgehead atoms. The Morgan fingerprint density at radius 1 is 0.771 bits per heavy atom. The summed E-state index contributed by atoms with van der Waals surface area (Å²) in [6.07, 6.45) is 6.11. The van der Waals surface area contributed by atoms with Crippen LogP contribution in [0.4, 0.5) is 14.5 Å². The minimum absolute atomic E-state index is 0.00572. The monoisotopic (exact) mass is 481 g/mol. The van der Waals surface area contributed by atoms with Crippen molar-refractivity contribution in [1.82, 2.24) is 0 Å². The Kier molecular flexibility index (Phi) is 8.45. The molecule has 0 radical (unpaired) electrons. The van der Waals surface area contributed by atoms with Gasteiger partial charge in [-0.1, -0.05) is 12.2 Å². The van der Waals surface area contributed by atoms with E-state index in [-0.39, 0.29) is 11.5 Å². The fourth-order valence-corrected chi connectivity index (χ4v) is 3.33. The average Bonchev–Trinajstić information content (AvgIpc) is 2.86. The molecule has 0 aliphatic carbocycles. The molecule has 0 amide bonds. The third-order valence-corrected chi connectivity index (χ3v) is 5.03. The van der Waals surface area contributed by atoms with Crippen molar-refractivity contribution >= 4 is 23.6 Å². The molecule has 3 aromatic rings. The molecule has 0 heterocycles. The highest BCUT2D eigenvalue weighted by Gasteiger charge is 2.13. The molecular weight excluding hydrogens is 456 g/mol. The maximum atomic E-state index is 14.7. The van der Waals surface area contributed by atoms with Crippen LogP contribution in [0.15, 0.2) is 60.8 Å². The number of nitrogens with one attached hydrogen (secondary N) is 1. The normalized spacial score (nSPS) is 11.0. The van der Waals surface area contributed by atoms with Crippen LogP contribution in [0.25, 0.3) is 12.2 Å². The first-order valence-corrected chi connectivity index (χ1v) is 10.5.